The summed E-state index contributed by atoms with van der Waals surface area (Å²) in [6.45, 7) is 0.121. The van der Waals surface area contributed by atoms with Crippen molar-refractivity contribution >= 4 is 26.6 Å². The van der Waals surface area contributed by atoms with Gasteiger partial charge in [-0.15, -0.1) is 0 Å². The van der Waals surface area contributed by atoms with Gasteiger partial charge >= 0.3 is 0 Å². The van der Waals surface area contributed by atoms with Gasteiger partial charge in [0.25, 0.3) is 5.56 Å². The van der Waals surface area contributed by atoms with E-state index in [1.807, 2.05) is 30.3 Å². The number of para-hydroxylation sites is 1. The summed E-state index contributed by atoms with van der Waals surface area (Å²) in [5.74, 6) is -0.264. The van der Waals surface area contributed by atoms with Crippen LogP contribution in [0.15, 0.2) is 65.7 Å². The zero-order valence-electron chi connectivity index (χ0n) is 15.8. The Hall–Kier alpha value is -3.00. The van der Waals surface area contributed by atoms with Crippen LogP contribution in [0.3, 0.4) is 0 Å². The molecule has 0 N–H and O–H groups in total. The average Bonchev–Trinajstić information content (AvgIpc) is 3.08. The van der Waals surface area contributed by atoms with Crippen LogP contribution in [-0.4, -0.2) is 46.3 Å². The molecular weight excluding hydrogens is 390 g/mol. The van der Waals surface area contributed by atoms with Gasteiger partial charge in [-0.25, -0.2) is 13.4 Å². The van der Waals surface area contributed by atoms with Crippen molar-refractivity contribution in [3.8, 4) is 0 Å². The molecule has 150 valence electrons. The monoisotopic (exact) mass is 411 g/mol. The van der Waals surface area contributed by atoms with Crippen LogP contribution < -0.4 is 5.56 Å². The van der Waals surface area contributed by atoms with Crippen molar-refractivity contribution in [3.63, 3.8) is 0 Å². The van der Waals surface area contributed by atoms with Crippen molar-refractivity contribution in [1.29, 1.82) is 0 Å². The molecule has 2 heterocycles. The minimum Gasteiger partial charge on any atom is -0.333 e. The molecule has 0 bridgehead atoms. The van der Waals surface area contributed by atoms with Crippen LogP contribution >= 0.6 is 0 Å². The summed E-state index contributed by atoms with van der Waals surface area (Å²) in [6, 6.07) is 16.0. The van der Waals surface area contributed by atoms with Crippen LogP contribution in [0.2, 0.25) is 0 Å². The Morgan fingerprint density at radius 2 is 1.83 bits per heavy atom. The quantitative estimate of drug-likeness (QED) is 0.636. The molecule has 0 spiro atoms. The van der Waals surface area contributed by atoms with Gasteiger partial charge in [-0.1, -0.05) is 42.5 Å². The lowest BCUT2D eigenvalue weighted by Gasteiger charge is -2.28. The molecule has 29 heavy (non-hydrogen) atoms. The summed E-state index contributed by atoms with van der Waals surface area (Å²) in [4.78, 5) is 31.7. The van der Waals surface area contributed by atoms with Crippen molar-refractivity contribution in [2.24, 2.45) is 0 Å². The molecule has 3 aromatic rings. The van der Waals surface area contributed by atoms with Gasteiger partial charge < -0.3 is 4.90 Å². The van der Waals surface area contributed by atoms with E-state index >= 15 is 0 Å². The molecule has 4 rings (SSSR count). The Bertz CT molecular complexity index is 1210. The van der Waals surface area contributed by atoms with Gasteiger partial charge in [-0.05, 0) is 24.1 Å². The first-order valence-electron chi connectivity index (χ1n) is 9.41. The fraction of sp³-hybridized carbons (Fsp3) is 0.286. The number of hydrogen-bond acceptors (Lipinski definition) is 5. The summed E-state index contributed by atoms with van der Waals surface area (Å²) in [6.07, 6.45) is 1.78. The van der Waals surface area contributed by atoms with Gasteiger partial charge in [0.1, 0.15) is 6.54 Å². The summed E-state index contributed by atoms with van der Waals surface area (Å²) in [5.41, 5.74) is 1.20. The number of nitrogens with zero attached hydrogens (tertiary/aromatic N) is 3. The van der Waals surface area contributed by atoms with E-state index in [0.717, 1.165) is 5.56 Å². The lowest BCUT2D eigenvalue weighted by Crippen LogP contribution is -2.43. The molecular formula is C21H21N3O4S. The van der Waals surface area contributed by atoms with Gasteiger partial charge in [0, 0.05) is 12.6 Å². The van der Waals surface area contributed by atoms with E-state index in [1.165, 1.54) is 10.9 Å². The molecule has 1 atom stereocenters. The lowest BCUT2D eigenvalue weighted by atomic mass is 10.1. The summed E-state index contributed by atoms with van der Waals surface area (Å²) in [5, 5.41) is 0.445. The molecule has 1 aliphatic rings. The Kier molecular flexibility index (Phi) is 5.19. The van der Waals surface area contributed by atoms with E-state index in [-0.39, 0.29) is 29.5 Å². The van der Waals surface area contributed by atoms with E-state index in [9.17, 15) is 18.0 Å². The fourth-order valence-electron chi connectivity index (χ4n) is 3.68. The number of rotatable bonds is 5. The molecule has 1 aromatic heterocycles. The Morgan fingerprint density at radius 1 is 1.10 bits per heavy atom. The minimum atomic E-state index is -3.15. The molecule has 0 radical (unpaired) electrons. The highest BCUT2D eigenvalue weighted by Crippen LogP contribution is 2.20. The number of hydrogen-bond donors (Lipinski definition) is 0. The van der Waals surface area contributed by atoms with Crippen LogP contribution in [0, 0.1) is 0 Å². The SMILES string of the molecule is O=C(Cn1cnc2ccccc2c1=O)N(Cc1ccccc1)[C@H]1CCS(=O)(=O)C1. The minimum absolute atomic E-state index is 0.0452. The molecule has 7 nitrogen and oxygen atoms in total. The molecule has 1 amide bonds. The third-order valence-corrected chi connectivity index (χ3v) is 6.95. The predicted octanol–water partition coefficient (Wildman–Crippen LogP) is 1.61. The van der Waals surface area contributed by atoms with Gasteiger partial charge in [0.05, 0.1) is 28.7 Å². The van der Waals surface area contributed by atoms with E-state index in [2.05, 4.69) is 4.98 Å². The molecule has 0 saturated carbocycles. The zero-order chi connectivity index (χ0) is 20.4. The number of carbonyl (C=O) groups excluding carboxylic acids is 1. The first kappa shape index (κ1) is 19.3. The molecule has 8 heteroatoms. The second kappa shape index (κ2) is 7.79. The molecule has 1 saturated heterocycles. The maximum Gasteiger partial charge on any atom is 0.261 e. The van der Waals surface area contributed by atoms with Crippen LogP contribution in [-0.2, 0) is 27.7 Å². The topological polar surface area (TPSA) is 89.3 Å². The third kappa shape index (κ3) is 4.22. The zero-order valence-corrected chi connectivity index (χ0v) is 16.6. The number of sulfone groups is 1. The van der Waals surface area contributed by atoms with Gasteiger partial charge in [0.15, 0.2) is 9.84 Å². The maximum absolute atomic E-state index is 13.1. The van der Waals surface area contributed by atoms with E-state index in [4.69, 9.17) is 0 Å². The van der Waals surface area contributed by atoms with E-state index < -0.39 is 15.9 Å². The van der Waals surface area contributed by atoms with Crippen LogP contribution in [0.4, 0.5) is 0 Å². The third-order valence-electron chi connectivity index (χ3n) is 5.20. The number of benzene rings is 2. The molecule has 1 fully saturated rings. The van der Waals surface area contributed by atoms with E-state index in [1.54, 1.807) is 29.2 Å². The average molecular weight is 411 g/mol. The van der Waals surface area contributed by atoms with Crippen molar-refractivity contribution in [2.75, 3.05) is 11.5 Å². The van der Waals surface area contributed by atoms with Crippen molar-refractivity contribution in [2.45, 2.75) is 25.6 Å². The van der Waals surface area contributed by atoms with Crippen LogP contribution in [0.25, 0.3) is 10.9 Å². The van der Waals surface area contributed by atoms with Gasteiger partial charge in [-0.2, -0.15) is 0 Å². The molecule has 1 aliphatic heterocycles. The van der Waals surface area contributed by atoms with Crippen molar-refractivity contribution in [1.82, 2.24) is 14.5 Å². The van der Waals surface area contributed by atoms with Crippen molar-refractivity contribution < 1.29 is 13.2 Å². The first-order chi connectivity index (χ1) is 13.9. The smallest absolute Gasteiger partial charge is 0.261 e. The second-order valence-electron chi connectivity index (χ2n) is 7.26. The lowest BCUT2D eigenvalue weighted by molar-refractivity contribution is -0.134. The Labute approximate surface area is 168 Å². The first-order valence-corrected chi connectivity index (χ1v) is 11.2. The molecule has 2 aromatic carbocycles. The predicted molar refractivity (Wildman–Crippen MR) is 110 cm³/mol. The maximum atomic E-state index is 13.1. The van der Waals surface area contributed by atoms with Gasteiger partial charge in [-0.3, -0.25) is 14.2 Å². The Morgan fingerprint density at radius 3 is 2.55 bits per heavy atom. The number of fused-ring (bicyclic) bond motifs is 1. The normalized spacial score (nSPS) is 18.0. The summed E-state index contributed by atoms with van der Waals surface area (Å²) >= 11 is 0. The second-order valence-corrected chi connectivity index (χ2v) is 9.49. The highest BCUT2D eigenvalue weighted by molar-refractivity contribution is 7.91. The molecule has 0 aliphatic carbocycles. The largest absolute Gasteiger partial charge is 0.333 e. The summed E-state index contributed by atoms with van der Waals surface area (Å²) < 4.78 is 25.2. The Balaban J connectivity index is 1.63. The van der Waals surface area contributed by atoms with Crippen LogP contribution in [0.5, 0.6) is 0 Å². The highest BCUT2D eigenvalue weighted by atomic mass is 32.2. The number of carbonyl (C=O) groups is 1. The number of aromatic nitrogens is 2. The standard InChI is InChI=1S/C21H21N3O4S/c25-20(13-23-15-22-19-9-5-4-8-18(19)21(23)26)24(12-16-6-2-1-3-7-16)17-10-11-29(27,28)14-17/h1-9,15,17H,10-14H2/t17-/m0/s1. The van der Waals surface area contributed by atoms with Crippen LogP contribution in [0.1, 0.15) is 12.0 Å². The molecule has 0 unspecified atom stereocenters. The number of amides is 1. The van der Waals surface area contributed by atoms with E-state index in [0.29, 0.717) is 23.9 Å². The highest BCUT2D eigenvalue weighted by Gasteiger charge is 2.34. The van der Waals surface area contributed by atoms with Crippen molar-refractivity contribution in [3.05, 3.63) is 76.8 Å². The fourth-order valence-corrected chi connectivity index (χ4v) is 5.41. The summed E-state index contributed by atoms with van der Waals surface area (Å²) in [7, 11) is -3.15. The van der Waals surface area contributed by atoms with Gasteiger partial charge in [0.2, 0.25) is 5.91 Å².